The Bertz CT molecular complexity index is 564. The average Bonchev–Trinajstić information content (AvgIpc) is 2.98. The molecule has 0 aliphatic carbocycles. The Hall–Kier alpha value is -2.37. The lowest BCUT2D eigenvalue weighted by atomic mass is 10.0. The van der Waals surface area contributed by atoms with Crippen molar-refractivity contribution in [2.24, 2.45) is 0 Å². The highest BCUT2D eigenvalue weighted by Gasteiger charge is 2.12. The van der Waals surface area contributed by atoms with Gasteiger partial charge >= 0.3 is 0 Å². The Balaban J connectivity index is 1.83. The fraction of sp³-hybridized carbons (Fsp3) is 0.400. The van der Waals surface area contributed by atoms with E-state index in [1.165, 1.54) is 16.9 Å². The number of carbonyl (C=O) groups excluding carboxylic acids is 1. The molecule has 2 rings (SSSR count). The quantitative estimate of drug-likeness (QED) is 0.815. The van der Waals surface area contributed by atoms with E-state index in [1.807, 2.05) is 24.3 Å². The van der Waals surface area contributed by atoms with E-state index in [1.54, 1.807) is 7.05 Å². The van der Waals surface area contributed by atoms with Gasteiger partial charge in [0, 0.05) is 7.05 Å². The lowest BCUT2D eigenvalue weighted by molar-refractivity contribution is -0.132. The van der Waals surface area contributed by atoms with Crippen molar-refractivity contribution in [1.29, 1.82) is 0 Å². The first kappa shape index (κ1) is 15.0. The molecule has 0 bridgehead atoms. The maximum Gasteiger partial charge on any atom is 0.260 e. The maximum absolute atomic E-state index is 11.9. The normalized spacial score (nSPS) is 10.7. The Kier molecular flexibility index (Phi) is 4.92. The predicted octanol–water partition coefficient (Wildman–Crippen LogP) is 2.23. The minimum absolute atomic E-state index is 0.0185. The number of aromatic nitrogens is 2. The number of benzene rings is 1. The van der Waals surface area contributed by atoms with Crippen molar-refractivity contribution >= 4 is 5.91 Å². The number of hydrogen-bond acceptors (Lipinski definition) is 5. The van der Waals surface area contributed by atoms with E-state index in [0.717, 1.165) is 0 Å². The molecular weight excluding hydrogens is 270 g/mol. The second-order valence-electron chi connectivity index (χ2n) is 5.11. The highest BCUT2D eigenvalue weighted by atomic mass is 16.5. The molecule has 0 saturated heterocycles. The number of likely N-dealkylation sites (N-methyl/N-ethyl adjacent to an activating group) is 1. The topological polar surface area (TPSA) is 68.5 Å². The summed E-state index contributed by atoms with van der Waals surface area (Å²) in [5, 5.41) is 3.66. The van der Waals surface area contributed by atoms with Gasteiger partial charge in [-0.2, -0.15) is 4.98 Å². The first-order chi connectivity index (χ1) is 10.1. The summed E-state index contributed by atoms with van der Waals surface area (Å²) in [5.41, 5.74) is 1.24. The Morgan fingerprint density at radius 1 is 1.33 bits per heavy atom. The fourth-order valence-corrected chi connectivity index (χ4v) is 1.77. The molecule has 0 spiro atoms. The van der Waals surface area contributed by atoms with Crippen LogP contribution in [0.25, 0.3) is 0 Å². The third-order valence-electron chi connectivity index (χ3n) is 3.12. The van der Waals surface area contributed by atoms with E-state index in [2.05, 4.69) is 28.5 Å². The minimum atomic E-state index is -0.146. The van der Waals surface area contributed by atoms with Crippen LogP contribution in [0.2, 0.25) is 0 Å². The van der Waals surface area contributed by atoms with E-state index in [-0.39, 0.29) is 12.5 Å². The van der Waals surface area contributed by atoms with Crippen LogP contribution in [0.4, 0.5) is 0 Å². The first-order valence-corrected chi connectivity index (χ1v) is 6.78. The van der Waals surface area contributed by atoms with Crippen molar-refractivity contribution in [2.75, 3.05) is 13.7 Å². The molecule has 0 aliphatic heterocycles. The fourth-order valence-electron chi connectivity index (χ4n) is 1.77. The zero-order chi connectivity index (χ0) is 15.2. The van der Waals surface area contributed by atoms with Crippen LogP contribution in [0.5, 0.6) is 5.75 Å². The van der Waals surface area contributed by atoms with E-state index < -0.39 is 0 Å². The SMILES string of the molecule is CC(C)c1ccc(OCC(=O)N(C)Cc2ncon2)cc1. The van der Waals surface area contributed by atoms with Crippen LogP contribution in [0, 0.1) is 0 Å². The van der Waals surface area contributed by atoms with Gasteiger partial charge in [-0.25, -0.2) is 0 Å². The highest BCUT2D eigenvalue weighted by Crippen LogP contribution is 2.18. The van der Waals surface area contributed by atoms with Gasteiger partial charge in [0.05, 0.1) is 6.54 Å². The number of rotatable bonds is 6. The molecule has 1 heterocycles. The molecule has 6 heteroatoms. The van der Waals surface area contributed by atoms with E-state index in [4.69, 9.17) is 4.74 Å². The molecule has 112 valence electrons. The molecule has 21 heavy (non-hydrogen) atoms. The van der Waals surface area contributed by atoms with E-state index >= 15 is 0 Å². The summed E-state index contributed by atoms with van der Waals surface area (Å²) in [6.07, 6.45) is 1.24. The Morgan fingerprint density at radius 2 is 2.05 bits per heavy atom. The first-order valence-electron chi connectivity index (χ1n) is 6.78. The molecule has 6 nitrogen and oxygen atoms in total. The van der Waals surface area contributed by atoms with Crippen molar-refractivity contribution in [3.63, 3.8) is 0 Å². The summed E-state index contributed by atoms with van der Waals surface area (Å²) in [5.74, 6) is 1.47. The monoisotopic (exact) mass is 289 g/mol. The molecule has 0 unspecified atom stereocenters. The standard InChI is InChI=1S/C15H19N3O3/c1-11(2)12-4-6-13(7-5-12)20-9-15(19)18(3)8-14-16-10-21-17-14/h4-7,10-11H,8-9H2,1-3H3. The smallest absolute Gasteiger partial charge is 0.260 e. The second kappa shape index (κ2) is 6.88. The summed E-state index contributed by atoms with van der Waals surface area (Å²) in [6, 6.07) is 7.77. The molecule has 1 amide bonds. The summed E-state index contributed by atoms with van der Waals surface area (Å²) in [6.45, 7) is 4.54. The number of amides is 1. The van der Waals surface area contributed by atoms with Crippen molar-refractivity contribution in [3.05, 3.63) is 42.0 Å². The molecule has 2 aromatic rings. The summed E-state index contributed by atoms with van der Waals surface area (Å²) in [7, 11) is 1.67. The summed E-state index contributed by atoms with van der Waals surface area (Å²) >= 11 is 0. The van der Waals surface area contributed by atoms with Gasteiger partial charge in [0.1, 0.15) is 5.75 Å². The lowest BCUT2D eigenvalue weighted by Gasteiger charge is -2.15. The summed E-state index contributed by atoms with van der Waals surface area (Å²) < 4.78 is 10.1. The van der Waals surface area contributed by atoms with Gasteiger partial charge in [0.15, 0.2) is 12.4 Å². The van der Waals surface area contributed by atoms with Gasteiger partial charge in [0.2, 0.25) is 6.39 Å². The van der Waals surface area contributed by atoms with Crippen molar-refractivity contribution < 1.29 is 14.1 Å². The molecule has 1 aromatic carbocycles. The zero-order valence-electron chi connectivity index (χ0n) is 12.4. The number of ether oxygens (including phenoxy) is 1. The minimum Gasteiger partial charge on any atom is -0.484 e. The van der Waals surface area contributed by atoms with Crippen molar-refractivity contribution in [3.8, 4) is 5.75 Å². The van der Waals surface area contributed by atoms with Gasteiger partial charge in [0.25, 0.3) is 5.91 Å². The maximum atomic E-state index is 11.9. The van der Waals surface area contributed by atoms with Crippen molar-refractivity contribution in [2.45, 2.75) is 26.3 Å². The Morgan fingerprint density at radius 3 is 2.62 bits per heavy atom. The third kappa shape index (κ3) is 4.30. The Labute approximate surface area is 123 Å². The lowest BCUT2D eigenvalue weighted by Crippen LogP contribution is -2.31. The number of hydrogen-bond donors (Lipinski definition) is 0. The zero-order valence-corrected chi connectivity index (χ0v) is 12.4. The van der Waals surface area contributed by atoms with Crippen LogP contribution in [0.1, 0.15) is 31.2 Å². The highest BCUT2D eigenvalue weighted by molar-refractivity contribution is 5.77. The van der Waals surface area contributed by atoms with Crippen LogP contribution in [-0.4, -0.2) is 34.6 Å². The van der Waals surface area contributed by atoms with Crippen LogP contribution in [0.15, 0.2) is 35.2 Å². The van der Waals surface area contributed by atoms with Gasteiger partial charge in [-0.15, -0.1) is 0 Å². The van der Waals surface area contributed by atoms with E-state index in [0.29, 0.717) is 24.0 Å². The van der Waals surface area contributed by atoms with Gasteiger partial charge < -0.3 is 14.2 Å². The van der Waals surface area contributed by atoms with Crippen molar-refractivity contribution in [1.82, 2.24) is 15.0 Å². The largest absolute Gasteiger partial charge is 0.484 e. The third-order valence-corrected chi connectivity index (χ3v) is 3.12. The van der Waals surface area contributed by atoms with Gasteiger partial charge in [-0.3, -0.25) is 4.79 Å². The summed E-state index contributed by atoms with van der Waals surface area (Å²) in [4.78, 5) is 17.3. The number of nitrogens with zero attached hydrogens (tertiary/aromatic N) is 3. The van der Waals surface area contributed by atoms with Gasteiger partial charge in [-0.05, 0) is 23.6 Å². The molecular formula is C15H19N3O3. The molecule has 0 saturated carbocycles. The molecule has 0 N–H and O–H groups in total. The molecule has 0 fully saturated rings. The second-order valence-corrected chi connectivity index (χ2v) is 5.11. The van der Waals surface area contributed by atoms with Crippen LogP contribution in [-0.2, 0) is 11.3 Å². The molecule has 0 atom stereocenters. The van der Waals surface area contributed by atoms with E-state index in [9.17, 15) is 4.79 Å². The van der Waals surface area contributed by atoms with Crippen LogP contribution in [0.3, 0.4) is 0 Å². The molecule has 1 aromatic heterocycles. The van der Waals surface area contributed by atoms with Crippen LogP contribution < -0.4 is 4.74 Å². The van der Waals surface area contributed by atoms with Crippen LogP contribution >= 0.6 is 0 Å². The number of carbonyl (C=O) groups is 1. The molecule has 0 radical (unpaired) electrons. The molecule has 0 aliphatic rings. The average molecular weight is 289 g/mol. The van der Waals surface area contributed by atoms with Gasteiger partial charge in [-0.1, -0.05) is 31.1 Å². The predicted molar refractivity (Wildman–Crippen MR) is 76.8 cm³/mol.